The highest BCUT2D eigenvalue weighted by molar-refractivity contribution is 7.89. The van der Waals surface area contributed by atoms with Gasteiger partial charge in [-0.05, 0) is 24.3 Å². The highest BCUT2D eigenvalue weighted by atomic mass is 35.5. The number of rotatable bonds is 5. The van der Waals surface area contributed by atoms with E-state index in [1.54, 1.807) is 23.9 Å². The van der Waals surface area contributed by atoms with Crippen molar-refractivity contribution in [3.8, 4) is 0 Å². The molecule has 0 aliphatic heterocycles. The third kappa shape index (κ3) is 3.62. The molecule has 0 saturated carbocycles. The van der Waals surface area contributed by atoms with Gasteiger partial charge in [-0.2, -0.15) is 4.72 Å². The normalized spacial score (nSPS) is 12.9. The topological polar surface area (TPSA) is 64.0 Å². The smallest absolute Gasteiger partial charge is 0.241 e. The zero-order valence-corrected chi connectivity index (χ0v) is 15.1. The Morgan fingerprint density at radius 1 is 1.15 bits per heavy atom. The van der Waals surface area contributed by atoms with Crippen LogP contribution in [0, 0.1) is 11.6 Å². The molecule has 3 aromatic rings. The number of benzene rings is 2. The van der Waals surface area contributed by atoms with Crippen molar-refractivity contribution in [3.63, 3.8) is 0 Å². The van der Waals surface area contributed by atoms with Gasteiger partial charge >= 0.3 is 0 Å². The van der Waals surface area contributed by atoms with Gasteiger partial charge < -0.3 is 4.57 Å². The van der Waals surface area contributed by atoms with E-state index in [0.29, 0.717) is 5.82 Å². The molecule has 2 aromatic carbocycles. The highest BCUT2D eigenvalue weighted by Crippen LogP contribution is 2.26. The first-order valence-electron chi connectivity index (χ1n) is 7.48. The SMILES string of the molecule is Cn1ccnc1C(NS(=O)(=O)c1ccc(F)c(Cl)c1)c1ccccc1F. The number of nitrogens with zero attached hydrogens (tertiary/aromatic N) is 2. The molecule has 0 spiro atoms. The molecule has 1 unspecified atom stereocenters. The molecular formula is C17H14ClF2N3O2S. The van der Waals surface area contributed by atoms with Crippen LogP contribution in [-0.4, -0.2) is 18.0 Å². The summed E-state index contributed by atoms with van der Waals surface area (Å²) in [4.78, 5) is 3.89. The van der Waals surface area contributed by atoms with Crippen molar-refractivity contribution in [3.05, 3.63) is 82.9 Å². The monoisotopic (exact) mass is 397 g/mol. The average Bonchev–Trinajstić information content (AvgIpc) is 3.02. The summed E-state index contributed by atoms with van der Waals surface area (Å²) in [6.45, 7) is 0. The summed E-state index contributed by atoms with van der Waals surface area (Å²) in [6, 6.07) is 7.75. The van der Waals surface area contributed by atoms with Crippen LogP contribution in [0.2, 0.25) is 5.02 Å². The molecule has 0 saturated heterocycles. The fourth-order valence-electron chi connectivity index (χ4n) is 2.49. The standard InChI is InChI=1S/C17H14ClF2N3O2S/c1-23-9-8-21-17(23)16(12-4-2-3-5-14(12)19)22-26(24,25)11-6-7-15(20)13(18)10-11/h2-10,16,22H,1H3. The van der Waals surface area contributed by atoms with E-state index in [-0.39, 0.29) is 15.5 Å². The van der Waals surface area contributed by atoms with Gasteiger partial charge in [0, 0.05) is 25.0 Å². The summed E-state index contributed by atoms with van der Waals surface area (Å²) in [5.74, 6) is -1.02. The average molecular weight is 398 g/mol. The van der Waals surface area contributed by atoms with E-state index in [2.05, 4.69) is 9.71 Å². The van der Waals surface area contributed by atoms with Crippen molar-refractivity contribution in [2.24, 2.45) is 7.05 Å². The molecule has 1 heterocycles. The zero-order chi connectivity index (χ0) is 18.9. The lowest BCUT2D eigenvalue weighted by Crippen LogP contribution is -2.31. The summed E-state index contributed by atoms with van der Waals surface area (Å²) < 4.78 is 57.1. The molecule has 5 nitrogen and oxygen atoms in total. The van der Waals surface area contributed by atoms with Gasteiger partial charge in [0.25, 0.3) is 0 Å². The number of hydrogen-bond acceptors (Lipinski definition) is 3. The van der Waals surface area contributed by atoms with Gasteiger partial charge in [0.15, 0.2) is 0 Å². The predicted octanol–water partition coefficient (Wildman–Crippen LogP) is 3.42. The lowest BCUT2D eigenvalue weighted by Gasteiger charge is -2.20. The number of halogens is 3. The molecule has 0 amide bonds. The van der Waals surface area contributed by atoms with Crippen molar-refractivity contribution in [2.45, 2.75) is 10.9 Å². The van der Waals surface area contributed by atoms with Gasteiger partial charge in [-0.3, -0.25) is 0 Å². The fourth-order valence-corrected chi connectivity index (χ4v) is 3.93. The van der Waals surface area contributed by atoms with Crippen LogP contribution in [0.5, 0.6) is 0 Å². The Labute approximate surface area is 154 Å². The predicted molar refractivity (Wildman–Crippen MR) is 93.2 cm³/mol. The molecule has 0 bridgehead atoms. The van der Waals surface area contributed by atoms with E-state index in [1.165, 1.54) is 24.4 Å². The van der Waals surface area contributed by atoms with Crippen LogP contribution in [0.25, 0.3) is 0 Å². The van der Waals surface area contributed by atoms with Gasteiger partial charge in [0.1, 0.15) is 23.5 Å². The Morgan fingerprint density at radius 3 is 2.50 bits per heavy atom. The quantitative estimate of drug-likeness (QED) is 0.717. The number of sulfonamides is 1. The van der Waals surface area contributed by atoms with Gasteiger partial charge in [-0.25, -0.2) is 22.2 Å². The van der Waals surface area contributed by atoms with E-state index in [4.69, 9.17) is 11.6 Å². The molecule has 0 aliphatic rings. The van der Waals surface area contributed by atoms with Gasteiger partial charge in [0.2, 0.25) is 10.0 Å². The minimum absolute atomic E-state index is 0.110. The number of hydrogen-bond donors (Lipinski definition) is 1. The number of aryl methyl sites for hydroxylation is 1. The first-order chi connectivity index (χ1) is 12.3. The second-order valence-corrected chi connectivity index (χ2v) is 7.67. The Morgan fingerprint density at radius 2 is 1.88 bits per heavy atom. The highest BCUT2D eigenvalue weighted by Gasteiger charge is 2.28. The minimum atomic E-state index is -4.13. The zero-order valence-electron chi connectivity index (χ0n) is 13.5. The molecule has 0 fully saturated rings. The van der Waals surface area contributed by atoms with E-state index in [0.717, 1.165) is 18.2 Å². The Hall–Kier alpha value is -2.29. The molecule has 0 aliphatic carbocycles. The fraction of sp³-hybridized carbons (Fsp3) is 0.118. The molecule has 3 rings (SSSR count). The largest absolute Gasteiger partial charge is 0.336 e. The third-order valence-corrected chi connectivity index (χ3v) is 5.52. The summed E-state index contributed by atoms with van der Waals surface area (Å²) in [5.41, 5.74) is 0.110. The van der Waals surface area contributed by atoms with Crippen molar-refractivity contribution in [1.82, 2.24) is 14.3 Å². The second-order valence-electron chi connectivity index (χ2n) is 5.55. The Bertz CT molecular complexity index is 1050. The van der Waals surface area contributed by atoms with Crippen LogP contribution >= 0.6 is 11.6 Å². The Kier molecular flexibility index (Phi) is 5.08. The van der Waals surface area contributed by atoms with E-state index in [9.17, 15) is 17.2 Å². The van der Waals surface area contributed by atoms with Gasteiger partial charge in [-0.15, -0.1) is 0 Å². The molecule has 26 heavy (non-hydrogen) atoms. The number of nitrogens with one attached hydrogen (secondary N) is 1. The van der Waals surface area contributed by atoms with Crippen molar-refractivity contribution >= 4 is 21.6 Å². The molecule has 1 atom stereocenters. The Balaban J connectivity index is 2.07. The van der Waals surface area contributed by atoms with Gasteiger partial charge in [-0.1, -0.05) is 29.8 Å². The van der Waals surface area contributed by atoms with Crippen LogP contribution in [0.15, 0.2) is 59.8 Å². The lowest BCUT2D eigenvalue weighted by atomic mass is 10.1. The molecular weight excluding hydrogens is 384 g/mol. The summed E-state index contributed by atoms with van der Waals surface area (Å²) in [6.07, 6.45) is 3.10. The summed E-state index contributed by atoms with van der Waals surface area (Å²) >= 11 is 5.68. The third-order valence-electron chi connectivity index (χ3n) is 3.81. The summed E-state index contributed by atoms with van der Waals surface area (Å²) in [5, 5.41) is -0.327. The van der Waals surface area contributed by atoms with Gasteiger partial charge in [0.05, 0.1) is 9.92 Å². The van der Waals surface area contributed by atoms with Crippen LogP contribution in [0.3, 0.4) is 0 Å². The van der Waals surface area contributed by atoms with Crippen LogP contribution in [0.4, 0.5) is 8.78 Å². The van der Waals surface area contributed by atoms with E-state index in [1.807, 2.05) is 0 Å². The molecule has 0 radical (unpaired) electrons. The van der Waals surface area contributed by atoms with Crippen LogP contribution in [-0.2, 0) is 17.1 Å². The maximum absolute atomic E-state index is 14.3. The van der Waals surface area contributed by atoms with Crippen LogP contribution in [0.1, 0.15) is 17.4 Å². The maximum atomic E-state index is 14.3. The number of imidazole rings is 1. The molecule has 9 heteroatoms. The first kappa shape index (κ1) is 18.5. The number of aromatic nitrogens is 2. The minimum Gasteiger partial charge on any atom is -0.336 e. The first-order valence-corrected chi connectivity index (χ1v) is 9.35. The second kappa shape index (κ2) is 7.14. The van der Waals surface area contributed by atoms with Crippen molar-refractivity contribution < 1.29 is 17.2 Å². The summed E-state index contributed by atoms with van der Waals surface area (Å²) in [7, 11) is -2.46. The van der Waals surface area contributed by atoms with Crippen LogP contribution < -0.4 is 4.72 Å². The maximum Gasteiger partial charge on any atom is 0.241 e. The van der Waals surface area contributed by atoms with E-state index < -0.39 is 27.7 Å². The molecule has 1 N–H and O–H groups in total. The molecule has 1 aromatic heterocycles. The lowest BCUT2D eigenvalue weighted by molar-refractivity contribution is 0.544. The molecule has 136 valence electrons. The van der Waals surface area contributed by atoms with Crippen molar-refractivity contribution in [2.75, 3.05) is 0 Å². The van der Waals surface area contributed by atoms with E-state index >= 15 is 0 Å². The van der Waals surface area contributed by atoms with Crippen molar-refractivity contribution in [1.29, 1.82) is 0 Å².